The Labute approximate surface area is 212 Å². The van der Waals surface area contributed by atoms with Crippen molar-refractivity contribution in [3.63, 3.8) is 0 Å². The van der Waals surface area contributed by atoms with Crippen molar-refractivity contribution in [1.82, 2.24) is 9.62 Å². The molecule has 3 rings (SSSR count). The SMILES string of the molecule is CC(=O)Nc1ccc(NC(=O)C(NC(=O)C2CCN(S(=O)(=O)c3ccc(C)cc3)CC2)C(C)C)cc1. The van der Waals surface area contributed by atoms with E-state index in [0.717, 1.165) is 5.56 Å². The third-order valence-electron chi connectivity index (χ3n) is 6.20. The molecule has 0 saturated carbocycles. The molecule has 36 heavy (non-hydrogen) atoms. The Hall–Kier alpha value is -3.24. The fraction of sp³-hybridized carbons (Fsp3) is 0.423. The highest BCUT2D eigenvalue weighted by molar-refractivity contribution is 7.89. The maximum Gasteiger partial charge on any atom is 0.247 e. The Morgan fingerprint density at radius 2 is 1.42 bits per heavy atom. The summed E-state index contributed by atoms with van der Waals surface area (Å²) < 4.78 is 27.3. The Morgan fingerprint density at radius 3 is 1.92 bits per heavy atom. The highest BCUT2D eigenvalue weighted by Crippen LogP contribution is 2.25. The molecule has 1 heterocycles. The van der Waals surface area contributed by atoms with Crippen LogP contribution in [0.15, 0.2) is 53.4 Å². The second-order valence-corrected chi connectivity index (χ2v) is 11.4. The van der Waals surface area contributed by atoms with Crippen LogP contribution >= 0.6 is 0 Å². The summed E-state index contributed by atoms with van der Waals surface area (Å²) in [6.45, 7) is 7.50. The summed E-state index contributed by atoms with van der Waals surface area (Å²) in [4.78, 5) is 37.3. The van der Waals surface area contributed by atoms with Crippen LogP contribution in [0.25, 0.3) is 0 Å². The molecule has 0 radical (unpaired) electrons. The number of anilines is 2. The van der Waals surface area contributed by atoms with Gasteiger partial charge in [-0.05, 0) is 62.1 Å². The smallest absolute Gasteiger partial charge is 0.247 e. The lowest BCUT2D eigenvalue weighted by molar-refractivity contribution is -0.130. The lowest BCUT2D eigenvalue weighted by Crippen LogP contribution is -2.50. The first-order valence-electron chi connectivity index (χ1n) is 12.0. The van der Waals surface area contributed by atoms with Crippen LogP contribution in [0.3, 0.4) is 0 Å². The topological polar surface area (TPSA) is 125 Å². The van der Waals surface area contributed by atoms with Crippen molar-refractivity contribution < 1.29 is 22.8 Å². The van der Waals surface area contributed by atoms with Crippen LogP contribution in [0.4, 0.5) is 11.4 Å². The number of sulfonamides is 1. The van der Waals surface area contributed by atoms with Gasteiger partial charge in [0, 0.05) is 37.3 Å². The number of rotatable bonds is 8. The number of hydrogen-bond acceptors (Lipinski definition) is 5. The minimum atomic E-state index is -3.61. The molecular weight excluding hydrogens is 480 g/mol. The van der Waals surface area contributed by atoms with Crippen molar-refractivity contribution >= 4 is 39.1 Å². The zero-order valence-corrected chi connectivity index (χ0v) is 21.9. The summed E-state index contributed by atoms with van der Waals surface area (Å²) in [5.41, 5.74) is 2.14. The van der Waals surface area contributed by atoms with Gasteiger partial charge in [0.05, 0.1) is 4.90 Å². The molecule has 0 bridgehead atoms. The van der Waals surface area contributed by atoms with Gasteiger partial charge in [-0.1, -0.05) is 31.5 Å². The van der Waals surface area contributed by atoms with Crippen molar-refractivity contribution in [2.24, 2.45) is 11.8 Å². The largest absolute Gasteiger partial charge is 0.344 e. The van der Waals surface area contributed by atoms with E-state index in [0.29, 0.717) is 24.2 Å². The molecule has 2 aromatic rings. The number of carbonyl (C=O) groups is 3. The van der Waals surface area contributed by atoms with Crippen LogP contribution in [0.2, 0.25) is 0 Å². The third-order valence-corrected chi connectivity index (χ3v) is 8.12. The second-order valence-electron chi connectivity index (χ2n) is 9.47. The lowest BCUT2D eigenvalue weighted by atomic mass is 9.95. The van der Waals surface area contributed by atoms with Gasteiger partial charge in [0.25, 0.3) is 0 Å². The molecule has 3 amide bonds. The summed E-state index contributed by atoms with van der Waals surface area (Å²) in [6.07, 6.45) is 0.766. The van der Waals surface area contributed by atoms with Gasteiger partial charge in [0.15, 0.2) is 0 Å². The maximum absolute atomic E-state index is 13.0. The highest BCUT2D eigenvalue weighted by Gasteiger charge is 2.34. The monoisotopic (exact) mass is 514 g/mol. The number of carbonyl (C=O) groups excluding carboxylic acids is 3. The first-order valence-corrected chi connectivity index (χ1v) is 13.5. The standard InChI is InChI=1S/C26H34N4O5S/c1-17(2)24(26(33)28-22-9-7-21(8-10-22)27-19(4)31)29-25(32)20-13-15-30(16-14-20)36(34,35)23-11-5-18(3)6-12-23/h5-12,17,20,24H,13-16H2,1-4H3,(H,27,31)(H,28,33)(H,29,32). The normalized spacial score (nSPS) is 15.8. The van der Waals surface area contributed by atoms with Crippen LogP contribution < -0.4 is 16.0 Å². The molecule has 1 unspecified atom stereocenters. The summed E-state index contributed by atoms with van der Waals surface area (Å²) in [7, 11) is -3.61. The van der Waals surface area contributed by atoms with Crippen molar-refractivity contribution in [1.29, 1.82) is 0 Å². The predicted molar refractivity (Wildman–Crippen MR) is 139 cm³/mol. The molecule has 1 saturated heterocycles. The molecule has 0 aliphatic carbocycles. The molecule has 1 atom stereocenters. The molecule has 0 aromatic heterocycles. The lowest BCUT2D eigenvalue weighted by Gasteiger charge is -2.32. The maximum atomic E-state index is 13.0. The number of amides is 3. The third kappa shape index (κ3) is 6.92. The quantitative estimate of drug-likeness (QED) is 0.499. The Kier molecular flexibility index (Phi) is 8.86. The number of piperidine rings is 1. The highest BCUT2D eigenvalue weighted by atomic mass is 32.2. The number of nitrogens with zero attached hydrogens (tertiary/aromatic N) is 1. The molecule has 3 N–H and O–H groups in total. The number of benzene rings is 2. The molecule has 0 spiro atoms. The van der Waals surface area contributed by atoms with Gasteiger partial charge in [-0.25, -0.2) is 8.42 Å². The van der Waals surface area contributed by atoms with Crippen molar-refractivity contribution in [2.75, 3.05) is 23.7 Å². The van der Waals surface area contributed by atoms with E-state index in [4.69, 9.17) is 0 Å². The average molecular weight is 515 g/mol. The number of nitrogens with one attached hydrogen (secondary N) is 3. The summed E-state index contributed by atoms with van der Waals surface area (Å²) >= 11 is 0. The zero-order chi connectivity index (χ0) is 26.5. The summed E-state index contributed by atoms with van der Waals surface area (Å²) in [5.74, 6) is -1.31. The van der Waals surface area contributed by atoms with Gasteiger partial charge in [-0.3, -0.25) is 14.4 Å². The molecule has 2 aromatic carbocycles. The van der Waals surface area contributed by atoms with Crippen LogP contribution in [-0.2, 0) is 24.4 Å². The summed E-state index contributed by atoms with van der Waals surface area (Å²) in [6, 6.07) is 12.7. The molecule has 9 nitrogen and oxygen atoms in total. The van der Waals surface area contributed by atoms with E-state index >= 15 is 0 Å². The molecule has 1 aliphatic heterocycles. The Morgan fingerprint density at radius 1 is 0.889 bits per heavy atom. The minimum absolute atomic E-state index is 0.158. The van der Waals surface area contributed by atoms with E-state index in [-0.39, 0.29) is 47.5 Å². The first-order chi connectivity index (χ1) is 17.0. The number of aryl methyl sites for hydroxylation is 1. The van der Waals surface area contributed by atoms with Crippen LogP contribution in [0, 0.1) is 18.8 Å². The first kappa shape index (κ1) is 27.3. The average Bonchev–Trinajstić information content (AvgIpc) is 2.83. The van der Waals surface area contributed by atoms with Crippen molar-refractivity contribution in [3.8, 4) is 0 Å². The van der Waals surface area contributed by atoms with Gasteiger partial charge in [0.1, 0.15) is 6.04 Å². The zero-order valence-electron chi connectivity index (χ0n) is 21.1. The van der Waals surface area contributed by atoms with Gasteiger partial charge in [-0.15, -0.1) is 0 Å². The van der Waals surface area contributed by atoms with E-state index in [1.807, 2.05) is 20.8 Å². The Bertz CT molecular complexity index is 1190. The minimum Gasteiger partial charge on any atom is -0.344 e. The van der Waals surface area contributed by atoms with E-state index < -0.39 is 16.1 Å². The molecule has 194 valence electrons. The molecule has 1 fully saturated rings. The van der Waals surface area contributed by atoms with E-state index in [1.54, 1.807) is 48.5 Å². The van der Waals surface area contributed by atoms with Gasteiger partial charge >= 0.3 is 0 Å². The van der Waals surface area contributed by atoms with Crippen LogP contribution in [0.5, 0.6) is 0 Å². The van der Waals surface area contributed by atoms with E-state index in [2.05, 4.69) is 16.0 Å². The predicted octanol–water partition coefficient (Wildman–Crippen LogP) is 3.13. The molecule has 1 aliphatic rings. The van der Waals surface area contributed by atoms with Crippen molar-refractivity contribution in [2.45, 2.75) is 51.5 Å². The van der Waals surface area contributed by atoms with Crippen LogP contribution in [-0.4, -0.2) is 49.6 Å². The van der Waals surface area contributed by atoms with Crippen molar-refractivity contribution in [3.05, 3.63) is 54.1 Å². The summed E-state index contributed by atoms with van der Waals surface area (Å²) in [5, 5.41) is 8.33. The van der Waals surface area contributed by atoms with E-state index in [9.17, 15) is 22.8 Å². The Balaban J connectivity index is 1.57. The van der Waals surface area contributed by atoms with Gasteiger partial charge in [-0.2, -0.15) is 4.31 Å². The fourth-order valence-corrected chi connectivity index (χ4v) is 5.55. The van der Waals surface area contributed by atoms with E-state index in [1.165, 1.54) is 11.2 Å². The fourth-order valence-electron chi connectivity index (χ4n) is 4.08. The molecular formula is C26H34N4O5S. The van der Waals surface area contributed by atoms with Crippen LogP contribution in [0.1, 0.15) is 39.2 Å². The van der Waals surface area contributed by atoms with Gasteiger partial charge in [0.2, 0.25) is 27.7 Å². The van der Waals surface area contributed by atoms with Gasteiger partial charge < -0.3 is 16.0 Å². The second kappa shape index (κ2) is 11.7. The number of hydrogen-bond donors (Lipinski definition) is 3. The molecule has 10 heteroatoms.